The van der Waals surface area contributed by atoms with Crippen LogP contribution in [0.2, 0.25) is 0 Å². The highest BCUT2D eigenvalue weighted by Gasteiger charge is 2.36. The first-order valence-corrected chi connectivity index (χ1v) is 24.0. The Morgan fingerprint density at radius 2 is 1.40 bits per heavy atom. The predicted molar refractivity (Wildman–Crippen MR) is 253 cm³/mol. The molecular weight excluding hydrogens is 935 g/mol. The van der Waals surface area contributed by atoms with Gasteiger partial charge < -0.3 is 64.2 Å². The number of amides is 10. The van der Waals surface area contributed by atoms with Crippen molar-refractivity contribution in [1.82, 2.24) is 42.1 Å². The molecule has 0 radical (unpaired) electrons. The molecule has 10 amide bonds. The Hall–Kier alpha value is -6.99. The Balaban J connectivity index is 2.01. The molecule has 24 nitrogen and oxygen atoms in total. The Kier molecular flexibility index (Phi) is 23.3. The molecule has 2 aromatic rings. The van der Waals surface area contributed by atoms with E-state index < -0.39 is 151 Å². The van der Waals surface area contributed by atoms with Gasteiger partial charge in [-0.25, -0.2) is 0 Å². The van der Waals surface area contributed by atoms with Crippen molar-refractivity contribution < 1.29 is 62.4 Å². The predicted octanol–water partition coefficient (Wildman–Crippen LogP) is -4.33. The van der Waals surface area contributed by atoms with Gasteiger partial charge in [0.2, 0.25) is 59.1 Å². The van der Waals surface area contributed by atoms with Gasteiger partial charge in [0.05, 0.1) is 25.6 Å². The second kappa shape index (κ2) is 28.5. The van der Waals surface area contributed by atoms with Gasteiger partial charge in [-0.2, -0.15) is 0 Å². The zero-order valence-corrected chi connectivity index (χ0v) is 40.1. The Bertz CT molecular complexity index is 2200. The average Bonchev–Trinajstić information content (AvgIpc) is 3.30. The summed E-state index contributed by atoms with van der Waals surface area (Å²) in [5.41, 5.74) is 17.2. The first-order valence-electron chi connectivity index (χ1n) is 22.6. The van der Waals surface area contributed by atoms with Gasteiger partial charge in [-0.05, 0) is 54.9 Å². The van der Waals surface area contributed by atoms with Gasteiger partial charge in [0.1, 0.15) is 42.2 Å². The lowest BCUT2D eigenvalue weighted by molar-refractivity contribution is -0.140. The molecule has 1 aliphatic heterocycles. The average molecular weight is 1000 g/mol. The van der Waals surface area contributed by atoms with Gasteiger partial charge in [-0.15, -0.1) is 0 Å². The molecule has 1 saturated heterocycles. The fourth-order valence-corrected chi connectivity index (χ4v) is 8.33. The van der Waals surface area contributed by atoms with Crippen LogP contribution in [0.25, 0.3) is 0 Å². The molecule has 1 heterocycles. The van der Waals surface area contributed by atoms with E-state index in [-0.39, 0.29) is 42.9 Å². The molecule has 2 unspecified atom stereocenters. The SMILES string of the molecule is CC[C@H](C)[C@@H]1NC(=O)[C@@H](Cc2ccc(O)cc2)NC(O)CCS(=O)CC[C@@H](C(=O)N(C)CC(=O)N[C@@H](Cc2ccccc2)C(=O)NCC(N)=O)NC(=O)[C@H](CC(N)=O)NC(=O)[C@H](CCC(N)=O)NC1=O. The van der Waals surface area contributed by atoms with Crippen molar-refractivity contribution >= 4 is 69.9 Å². The van der Waals surface area contributed by atoms with Gasteiger partial charge in [-0.3, -0.25) is 57.5 Å². The number of carbonyl (C=O) groups is 10. The normalized spacial score (nSPS) is 22.8. The first-order chi connectivity index (χ1) is 33.1. The minimum absolute atomic E-state index is 0.0195. The van der Waals surface area contributed by atoms with E-state index >= 15 is 0 Å². The van der Waals surface area contributed by atoms with Crippen LogP contribution in [0.3, 0.4) is 0 Å². The number of benzene rings is 2. The monoisotopic (exact) mass is 999 g/mol. The molecule has 15 N–H and O–H groups in total. The number of hydrogen-bond acceptors (Lipinski definition) is 14. The highest BCUT2D eigenvalue weighted by Crippen LogP contribution is 2.15. The topological polar surface area (TPSA) is 394 Å². The number of nitrogens with zero attached hydrogens (tertiary/aromatic N) is 1. The maximum atomic E-state index is 14.1. The molecule has 70 heavy (non-hydrogen) atoms. The molecule has 25 heteroatoms. The van der Waals surface area contributed by atoms with Crippen molar-refractivity contribution in [3.8, 4) is 5.75 Å². The summed E-state index contributed by atoms with van der Waals surface area (Å²) in [6.07, 6.45) is -3.44. The van der Waals surface area contributed by atoms with Crippen LogP contribution in [0.4, 0.5) is 0 Å². The second-order valence-electron chi connectivity index (χ2n) is 17.0. The molecular formula is C45H65N11O13S. The van der Waals surface area contributed by atoms with Crippen LogP contribution in [-0.2, 0) is 71.6 Å². The maximum Gasteiger partial charge on any atom is 0.245 e. The molecule has 1 fully saturated rings. The fourth-order valence-electron chi connectivity index (χ4n) is 7.15. The third-order valence-corrected chi connectivity index (χ3v) is 12.6. The van der Waals surface area contributed by atoms with Crippen molar-refractivity contribution in [1.29, 1.82) is 0 Å². The number of rotatable bonds is 18. The van der Waals surface area contributed by atoms with Crippen LogP contribution in [-0.4, -0.2) is 153 Å². The molecule has 1 aliphatic rings. The number of phenols is 1. The van der Waals surface area contributed by atoms with Crippen molar-refractivity contribution in [3.05, 3.63) is 65.7 Å². The van der Waals surface area contributed by atoms with Crippen molar-refractivity contribution in [2.75, 3.05) is 31.6 Å². The zero-order valence-electron chi connectivity index (χ0n) is 39.3. The number of aliphatic hydroxyl groups excluding tert-OH is 1. The van der Waals surface area contributed by atoms with Crippen molar-refractivity contribution in [3.63, 3.8) is 0 Å². The molecule has 0 bridgehead atoms. The summed E-state index contributed by atoms with van der Waals surface area (Å²) in [6.45, 7) is 2.18. The highest BCUT2D eigenvalue weighted by molar-refractivity contribution is 7.84. The highest BCUT2D eigenvalue weighted by atomic mass is 32.2. The maximum absolute atomic E-state index is 14.1. The van der Waals surface area contributed by atoms with E-state index in [9.17, 15) is 62.4 Å². The molecule has 0 saturated carbocycles. The minimum Gasteiger partial charge on any atom is -0.508 e. The van der Waals surface area contributed by atoms with Gasteiger partial charge >= 0.3 is 0 Å². The summed E-state index contributed by atoms with van der Waals surface area (Å²) in [5, 5.41) is 38.6. The quantitative estimate of drug-likeness (QED) is 0.0672. The third-order valence-electron chi connectivity index (χ3n) is 11.2. The smallest absolute Gasteiger partial charge is 0.245 e. The number of carbonyl (C=O) groups excluding carboxylic acids is 10. The lowest BCUT2D eigenvalue weighted by Gasteiger charge is -2.30. The van der Waals surface area contributed by atoms with Crippen LogP contribution in [0.5, 0.6) is 5.75 Å². The van der Waals surface area contributed by atoms with E-state index in [0.717, 1.165) is 4.90 Å². The number of primary amides is 3. The van der Waals surface area contributed by atoms with Gasteiger partial charge in [0.15, 0.2) is 0 Å². The number of likely N-dealkylation sites (N-methyl/N-ethyl adjacent to an activating group) is 1. The number of aliphatic hydroxyl groups is 1. The van der Waals surface area contributed by atoms with E-state index in [4.69, 9.17) is 17.2 Å². The summed E-state index contributed by atoms with van der Waals surface area (Å²) in [5.74, 6) is -10.2. The minimum atomic E-state index is -1.82. The Morgan fingerprint density at radius 1 is 0.786 bits per heavy atom. The van der Waals surface area contributed by atoms with Crippen LogP contribution in [0.1, 0.15) is 63.5 Å². The number of nitrogens with one attached hydrogen (secondary N) is 7. The largest absolute Gasteiger partial charge is 0.508 e. The number of phenolic OH excluding ortho intramolecular Hbond substituents is 1. The molecule has 0 aliphatic carbocycles. The summed E-state index contributed by atoms with van der Waals surface area (Å²) in [4.78, 5) is 133. The van der Waals surface area contributed by atoms with Crippen LogP contribution >= 0.6 is 0 Å². The summed E-state index contributed by atoms with van der Waals surface area (Å²) in [6, 6.07) is 5.69. The second-order valence-corrected chi connectivity index (χ2v) is 18.6. The first kappa shape index (κ1) is 57.3. The van der Waals surface area contributed by atoms with Crippen molar-refractivity contribution in [2.45, 2.75) is 108 Å². The van der Waals surface area contributed by atoms with E-state index in [1.807, 2.05) is 0 Å². The van der Waals surface area contributed by atoms with Gasteiger partial charge in [-0.1, -0.05) is 62.7 Å². The van der Waals surface area contributed by atoms with E-state index in [2.05, 4.69) is 37.2 Å². The van der Waals surface area contributed by atoms with Crippen LogP contribution < -0.4 is 54.4 Å². The van der Waals surface area contributed by atoms with Crippen LogP contribution in [0.15, 0.2) is 54.6 Å². The molecule has 2 aromatic carbocycles. The Labute approximate surface area is 407 Å². The standard InChI is InChI=1S/C45H65N11O13S/c1-4-25(2)39-44(67)52-29(14-15-34(46)58)41(64)54-33(22-35(47)59)42(65)53-30(16-18-70(69)19-17-37(61)50-32(43(66)55-39)21-27-10-12-28(57)13-11-27)45(68)56(3)24-38(62)51-31(40(63)49-23-36(48)60)20-26-8-6-5-7-9-26/h5-13,25,29-33,37,39,50,57,61H,4,14-24H2,1-3H3,(H2,46,58)(H2,47,59)(H2,48,60)(H,49,63)(H,51,62)(H,52,67)(H,53,65)(H,54,64)(H,55,66)/t25-,29-,30-,31-,32+,33-,37?,39-,70?/m0/s1. The summed E-state index contributed by atoms with van der Waals surface area (Å²) in [7, 11) is -0.612. The molecule has 384 valence electrons. The van der Waals surface area contributed by atoms with E-state index in [1.165, 1.54) is 19.2 Å². The number of hydrogen-bond donors (Lipinski definition) is 12. The Morgan fingerprint density at radius 3 is 2.01 bits per heavy atom. The van der Waals surface area contributed by atoms with Crippen molar-refractivity contribution in [2.24, 2.45) is 23.1 Å². The number of aromatic hydroxyl groups is 1. The molecule has 0 spiro atoms. The van der Waals surface area contributed by atoms with Gasteiger partial charge in [0.25, 0.3) is 0 Å². The third kappa shape index (κ3) is 19.9. The fraction of sp³-hybridized carbons (Fsp3) is 0.511. The van der Waals surface area contributed by atoms with Gasteiger partial charge in [0, 0.05) is 42.2 Å². The summed E-state index contributed by atoms with van der Waals surface area (Å²) < 4.78 is 13.5. The lowest BCUT2D eigenvalue weighted by atomic mass is 9.96. The molecule has 9 atom stereocenters. The van der Waals surface area contributed by atoms with E-state index in [0.29, 0.717) is 17.5 Å². The lowest BCUT2D eigenvalue weighted by Crippen LogP contribution is -2.61. The van der Waals surface area contributed by atoms with Crippen LogP contribution in [0, 0.1) is 5.92 Å². The summed E-state index contributed by atoms with van der Waals surface area (Å²) >= 11 is 0. The molecule has 0 aromatic heterocycles. The molecule has 3 rings (SSSR count). The van der Waals surface area contributed by atoms with E-state index in [1.54, 1.807) is 56.3 Å². The zero-order chi connectivity index (χ0) is 52.1. The number of nitrogens with two attached hydrogens (primary N) is 3.